The van der Waals surface area contributed by atoms with E-state index in [1.807, 2.05) is 13.8 Å². The third-order valence-corrected chi connectivity index (χ3v) is 2.28. The van der Waals surface area contributed by atoms with Crippen molar-refractivity contribution in [1.82, 2.24) is 9.97 Å². The highest BCUT2D eigenvalue weighted by molar-refractivity contribution is 6.30. The maximum atomic E-state index is 5.91. The zero-order chi connectivity index (χ0) is 8.72. The van der Waals surface area contributed by atoms with Crippen LogP contribution in [0.2, 0.25) is 5.15 Å². The lowest BCUT2D eigenvalue weighted by molar-refractivity contribution is 0.0778. The number of ether oxygens (including phenoxy) is 1. The molecule has 1 aromatic rings. The number of rotatable bonds is 0. The third-order valence-electron chi connectivity index (χ3n) is 1.96. The fourth-order valence-electron chi connectivity index (χ4n) is 1.34. The molecule has 4 heteroatoms. The monoisotopic (exact) mass is 184 g/mol. The van der Waals surface area contributed by atoms with Gasteiger partial charge in [-0.15, -0.1) is 0 Å². The van der Waals surface area contributed by atoms with E-state index in [0.29, 0.717) is 17.6 Å². The smallest absolute Gasteiger partial charge is 0.138 e. The number of aryl methyl sites for hydroxylation is 1. The Morgan fingerprint density at radius 1 is 1.50 bits per heavy atom. The molecule has 1 unspecified atom stereocenters. The summed E-state index contributed by atoms with van der Waals surface area (Å²) in [4.78, 5) is 8.33. The van der Waals surface area contributed by atoms with Gasteiger partial charge in [-0.25, -0.2) is 9.97 Å². The van der Waals surface area contributed by atoms with Gasteiger partial charge in [-0.1, -0.05) is 11.6 Å². The molecular formula is C8H9ClN2O. The molecule has 0 bridgehead atoms. The van der Waals surface area contributed by atoms with Gasteiger partial charge in [0.05, 0.1) is 18.4 Å². The SMILES string of the molecule is Cc1nc(Cl)c2c(n1)C(C)OC2. The molecule has 64 valence electrons. The average Bonchev–Trinajstić information content (AvgIpc) is 2.33. The molecule has 1 aliphatic heterocycles. The first-order valence-electron chi connectivity index (χ1n) is 3.83. The second-order valence-electron chi connectivity index (χ2n) is 2.88. The van der Waals surface area contributed by atoms with E-state index in [4.69, 9.17) is 16.3 Å². The van der Waals surface area contributed by atoms with Crippen LogP contribution in [0.4, 0.5) is 0 Å². The molecule has 0 aromatic carbocycles. The Labute approximate surface area is 75.7 Å². The summed E-state index contributed by atoms with van der Waals surface area (Å²) in [7, 11) is 0. The second kappa shape index (κ2) is 2.68. The Morgan fingerprint density at radius 3 is 3.00 bits per heavy atom. The van der Waals surface area contributed by atoms with Crippen LogP contribution in [0, 0.1) is 6.92 Å². The molecule has 0 aliphatic carbocycles. The molecule has 3 nitrogen and oxygen atoms in total. The van der Waals surface area contributed by atoms with Crippen molar-refractivity contribution in [1.29, 1.82) is 0 Å². The minimum Gasteiger partial charge on any atom is -0.367 e. The first kappa shape index (κ1) is 7.95. The Hall–Kier alpha value is -0.670. The lowest BCUT2D eigenvalue weighted by Gasteiger charge is -2.02. The lowest BCUT2D eigenvalue weighted by Crippen LogP contribution is -1.98. The Kier molecular flexibility index (Phi) is 1.77. The van der Waals surface area contributed by atoms with Crippen molar-refractivity contribution < 1.29 is 4.74 Å². The van der Waals surface area contributed by atoms with E-state index in [1.165, 1.54) is 0 Å². The second-order valence-corrected chi connectivity index (χ2v) is 3.24. The van der Waals surface area contributed by atoms with E-state index >= 15 is 0 Å². The lowest BCUT2D eigenvalue weighted by atomic mass is 10.2. The van der Waals surface area contributed by atoms with Gasteiger partial charge in [-0.3, -0.25) is 0 Å². The standard InChI is InChI=1S/C8H9ClN2O/c1-4-7-6(3-12-4)8(9)11-5(2)10-7/h4H,3H2,1-2H3. The first-order chi connectivity index (χ1) is 5.68. The van der Waals surface area contributed by atoms with Crippen molar-refractivity contribution in [3.8, 4) is 0 Å². The predicted octanol–water partition coefficient (Wildman–Crippen LogP) is 2.03. The van der Waals surface area contributed by atoms with Gasteiger partial charge in [0.25, 0.3) is 0 Å². The van der Waals surface area contributed by atoms with Crippen molar-refractivity contribution in [2.24, 2.45) is 0 Å². The minimum atomic E-state index is 0.0548. The van der Waals surface area contributed by atoms with Gasteiger partial charge in [0.1, 0.15) is 11.0 Å². The summed E-state index contributed by atoms with van der Waals surface area (Å²) in [5, 5.41) is 0.529. The van der Waals surface area contributed by atoms with Crippen LogP contribution in [0.1, 0.15) is 30.1 Å². The highest BCUT2D eigenvalue weighted by atomic mass is 35.5. The molecule has 0 spiro atoms. The highest BCUT2D eigenvalue weighted by Crippen LogP contribution is 2.31. The predicted molar refractivity (Wildman–Crippen MR) is 45.0 cm³/mol. The average molecular weight is 185 g/mol. The molecular weight excluding hydrogens is 176 g/mol. The highest BCUT2D eigenvalue weighted by Gasteiger charge is 2.24. The molecule has 0 N–H and O–H groups in total. The zero-order valence-corrected chi connectivity index (χ0v) is 7.72. The van der Waals surface area contributed by atoms with Gasteiger partial charge < -0.3 is 4.74 Å². The summed E-state index contributed by atoms with van der Waals surface area (Å²) in [6.07, 6.45) is 0.0548. The van der Waals surface area contributed by atoms with Crippen LogP contribution in [0.15, 0.2) is 0 Å². The first-order valence-corrected chi connectivity index (χ1v) is 4.21. The van der Waals surface area contributed by atoms with Gasteiger partial charge in [0.15, 0.2) is 0 Å². The van der Waals surface area contributed by atoms with Crippen LogP contribution in [-0.4, -0.2) is 9.97 Å². The van der Waals surface area contributed by atoms with Crippen LogP contribution < -0.4 is 0 Å². The molecule has 0 radical (unpaired) electrons. The molecule has 12 heavy (non-hydrogen) atoms. The number of hydrogen-bond acceptors (Lipinski definition) is 3. The van der Waals surface area contributed by atoms with E-state index in [-0.39, 0.29) is 6.10 Å². The van der Waals surface area contributed by atoms with Crippen LogP contribution in [0.3, 0.4) is 0 Å². The van der Waals surface area contributed by atoms with Gasteiger partial charge in [-0.05, 0) is 13.8 Å². The number of aromatic nitrogens is 2. The summed E-state index contributed by atoms with van der Waals surface area (Å²) in [5.74, 6) is 0.705. The van der Waals surface area contributed by atoms with Crippen molar-refractivity contribution in [2.75, 3.05) is 0 Å². The van der Waals surface area contributed by atoms with Gasteiger partial charge >= 0.3 is 0 Å². The number of fused-ring (bicyclic) bond motifs is 1. The van der Waals surface area contributed by atoms with Crippen LogP contribution >= 0.6 is 11.6 Å². The molecule has 2 heterocycles. The van der Waals surface area contributed by atoms with Crippen molar-refractivity contribution in [3.05, 3.63) is 22.2 Å². The summed E-state index contributed by atoms with van der Waals surface area (Å²) in [5.41, 5.74) is 1.88. The zero-order valence-electron chi connectivity index (χ0n) is 6.97. The van der Waals surface area contributed by atoms with Crippen LogP contribution in [-0.2, 0) is 11.3 Å². The molecule has 0 saturated carbocycles. The number of nitrogens with zero attached hydrogens (tertiary/aromatic N) is 2. The summed E-state index contributed by atoms with van der Waals surface area (Å²) in [6, 6.07) is 0. The number of halogens is 1. The summed E-state index contributed by atoms with van der Waals surface area (Å²) in [6.45, 7) is 4.33. The van der Waals surface area contributed by atoms with Crippen molar-refractivity contribution in [2.45, 2.75) is 26.6 Å². The minimum absolute atomic E-state index is 0.0548. The van der Waals surface area contributed by atoms with E-state index in [2.05, 4.69) is 9.97 Å². The Morgan fingerprint density at radius 2 is 2.25 bits per heavy atom. The van der Waals surface area contributed by atoms with E-state index in [9.17, 15) is 0 Å². The van der Waals surface area contributed by atoms with E-state index in [1.54, 1.807) is 0 Å². The summed E-state index contributed by atoms with van der Waals surface area (Å²) < 4.78 is 5.37. The van der Waals surface area contributed by atoms with Gasteiger partial charge in [0, 0.05) is 5.56 Å². The molecule has 0 saturated heterocycles. The molecule has 0 fully saturated rings. The van der Waals surface area contributed by atoms with Crippen LogP contribution in [0.25, 0.3) is 0 Å². The third kappa shape index (κ3) is 1.09. The maximum absolute atomic E-state index is 5.91. The fraction of sp³-hybridized carbons (Fsp3) is 0.500. The topological polar surface area (TPSA) is 35.0 Å². The maximum Gasteiger partial charge on any atom is 0.138 e. The van der Waals surface area contributed by atoms with Gasteiger partial charge in [0.2, 0.25) is 0 Å². The Balaban J connectivity index is 2.60. The molecule has 1 atom stereocenters. The van der Waals surface area contributed by atoms with Crippen molar-refractivity contribution in [3.63, 3.8) is 0 Å². The summed E-state index contributed by atoms with van der Waals surface area (Å²) >= 11 is 5.91. The molecule has 1 aromatic heterocycles. The quantitative estimate of drug-likeness (QED) is 0.579. The van der Waals surface area contributed by atoms with E-state index in [0.717, 1.165) is 11.3 Å². The van der Waals surface area contributed by atoms with Crippen molar-refractivity contribution >= 4 is 11.6 Å². The van der Waals surface area contributed by atoms with Gasteiger partial charge in [-0.2, -0.15) is 0 Å². The van der Waals surface area contributed by atoms with E-state index < -0.39 is 0 Å². The molecule has 1 aliphatic rings. The largest absolute Gasteiger partial charge is 0.367 e. The van der Waals surface area contributed by atoms with Crippen LogP contribution in [0.5, 0.6) is 0 Å². The fourth-order valence-corrected chi connectivity index (χ4v) is 1.61. The normalized spacial score (nSPS) is 21.1. The molecule has 0 amide bonds. The Bertz CT molecular complexity index is 327. The number of hydrogen-bond donors (Lipinski definition) is 0. The molecule has 2 rings (SSSR count).